The molecule has 2 N–H and O–H groups in total. The van der Waals surface area contributed by atoms with E-state index in [1.54, 1.807) is 0 Å². The van der Waals surface area contributed by atoms with E-state index in [0.717, 1.165) is 25.1 Å². The van der Waals surface area contributed by atoms with Gasteiger partial charge in [-0.05, 0) is 38.7 Å². The van der Waals surface area contributed by atoms with E-state index in [-0.39, 0.29) is 6.04 Å². The van der Waals surface area contributed by atoms with E-state index in [9.17, 15) is 0 Å². The molecule has 1 aromatic rings. The van der Waals surface area contributed by atoms with E-state index >= 15 is 0 Å². The molecule has 0 aliphatic rings. The fourth-order valence-electron chi connectivity index (χ4n) is 2.52. The first-order valence-corrected chi connectivity index (χ1v) is 7.88. The van der Waals surface area contributed by atoms with Gasteiger partial charge in [-0.3, -0.25) is 4.68 Å². The maximum absolute atomic E-state index is 6.07. The van der Waals surface area contributed by atoms with Crippen LogP contribution < -0.4 is 5.73 Å². The first-order chi connectivity index (χ1) is 9.10. The molecule has 0 fully saturated rings. The summed E-state index contributed by atoms with van der Waals surface area (Å²) >= 11 is 0. The molecular formula is C16H31N3. The van der Waals surface area contributed by atoms with Crippen molar-refractivity contribution in [2.45, 2.75) is 85.2 Å². The zero-order valence-electron chi connectivity index (χ0n) is 13.2. The third-order valence-corrected chi connectivity index (χ3v) is 4.00. The second-order valence-corrected chi connectivity index (χ2v) is 5.66. The van der Waals surface area contributed by atoms with Gasteiger partial charge >= 0.3 is 0 Å². The Balaban J connectivity index is 2.53. The molecule has 0 bridgehead atoms. The van der Waals surface area contributed by atoms with E-state index in [1.807, 2.05) is 0 Å². The highest BCUT2D eigenvalue weighted by molar-refractivity contribution is 5.25. The van der Waals surface area contributed by atoms with Crippen LogP contribution in [0, 0.1) is 13.8 Å². The number of aryl methyl sites for hydroxylation is 2. The highest BCUT2D eigenvalue weighted by Crippen LogP contribution is 2.16. The maximum Gasteiger partial charge on any atom is 0.0629 e. The lowest BCUT2D eigenvalue weighted by molar-refractivity contribution is 0.522. The molecule has 3 nitrogen and oxygen atoms in total. The van der Waals surface area contributed by atoms with Crippen LogP contribution in [0.3, 0.4) is 0 Å². The smallest absolute Gasteiger partial charge is 0.0629 e. The average molecular weight is 265 g/mol. The lowest BCUT2D eigenvalue weighted by atomic mass is 10.0. The summed E-state index contributed by atoms with van der Waals surface area (Å²) < 4.78 is 2.18. The highest BCUT2D eigenvalue weighted by Gasteiger charge is 2.13. The van der Waals surface area contributed by atoms with Gasteiger partial charge in [-0.1, -0.05) is 39.5 Å². The van der Waals surface area contributed by atoms with Crippen molar-refractivity contribution < 1.29 is 0 Å². The minimum absolute atomic E-state index is 0.264. The molecular weight excluding hydrogens is 234 g/mol. The lowest BCUT2D eigenvalue weighted by Crippen LogP contribution is -2.22. The Hall–Kier alpha value is -0.830. The average Bonchev–Trinajstić information content (AvgIpc) is 2.66. The van der Waals surface area contributed by atoms with E-state index in [1.165, 1.54) is 43.4 Å². The molecule has 19 heavy (non-hydrogen) atoms. The summed E-state index contributed by atoms with van der Waals surface area (Å²) in [6.07, 6.45) is 8.55. The molecule has 1 unspecified atom stereocenters. The Morgan fingerprint density at radius 2 is 1.79 bits per heavy atom. The van der Waals surface area contributed by atoms with Crippen LogP contribution in [0.4, 0.5) is 0 Å². The van der Waals surface area contributed by atoms with Gasteiger partial charge in [0.05, 0.1) is 5.69 Å². The predicted molar refractivity (Wildman–Crippen MR) is 82.4 cm³/mol. The highest BCUT2D eigenvalue weighted by atomic mass is 15.3. The van der Waals surface area contributed by atoms with Crippen LogP contribution >= 0.6 is 0 Å². The van der Waals surface area contributed by atoms with Gasteiger partial charge in [-0.15, -0.1) is 0 Å². The molecule has 0 aliphatic carbocycles. The summed E-state index contributed by atoms with van der Waals surface area (Å²) in [5.74, 6) is 0. The first kappa shape index (κ1) is 16.2. The fraction of sp³-hybridized carbons (Fsp3) is 0.812. The van der Waals surface area contributed by atoms with E-state index in [0.29, 0.717) is 0 Å². The largest absolute Gasteiger partial charge is 0.327 e. The van der Waals surface area contributed by atoms with Crippen LogP contribution in [0.25, 0.3) is 0 Å². The topological polar surface area (TPSA) is 43.8 Å². The fourth-order valence-corrected chi connectivity index (χ4v) is 2.52. The molecule has 1 aromatic heterocycles. The van der Waals surface area contributed by atoms with Gasteiger partial charge in [-0.25, -0.2) is 0 Å². The normalized spacial score (nSPS) is 12.9. The monoisotopic (exact) mass is 265 g/mol. The van der Waals surface area contributed by atoms with Crippen LogP contribution in [-0.2, 0) is 13.0 Å². The van der Waals surface area contributed by atoms with Crippen molar-refractivity contribution in [2.24, 2.45) is 5.73 Å². The van der Waals surface area contributed by atoms with Crippen molar-refractivity contribution in [3.05, 3.63) is 17.0 Å². The van der Waals surface area contributed by atoms with Crippen molar-refractivity contribution >= 4 is 0 Å². The Morgan fingerprint density at radius 1 is 1.11 bits per heavy atom. The van der Waals surface area contributed by atoms with Crippen LogP contribution in [0.15, 0.2) is 0 Å². The minimum atomic E-state index is 0.264. The molecule has 0 spiro atoms. The van der Waals surface area contributed by atoms with Gasteiger partial charge in [0, 0.05) is 18.3 Å². The molecule has 1 heterocycles. The first-order valence-electron chi connectivity index (χ1n) is 7.88. The SMILES string of the molecule is CCCCCCCn1nc(C)c(CC(N)CC)c1C. The zero-order valence-corrected chi connectivity index (χ0v) is 13.2. The van der Waals surface area contributed by atoms with Crippen molar-refractivity contribution in [2.75, 3.05) is 0 Å². The molecule has 0 aliphatic heterocycles. The number of nitrogens with two attached hydrogens (primary N) is 1. The lowest BCUT2D eigenvalue weighted by Gasteiger charge is -2.09. The van der Waals surface area contributed by atoms with E-state index in [4.69, 9.17) is 5.73 Å². The Bertz CT molecular complexity index is 368. The molecule has 0 radical (unpaired) electrons. The summed E-state index contributed by atoms with van der Waals surface area (Å²) in [6, 6.07) is 0.264. The molecule has 0 aromatic carbocycles. The molecule has 1 rings (SSSR count). The third-order valence-electron chi connectivity index (χ3n) is 4.00. The van der Waals surface area contributed by atoms with Crippen LogP contribution in [0.5, 0.6) is 0 Å². The van der Waals surface area contributed by atoms with Crippen molar-refractivity contribution in [1.82, 2.24) is 9.78 Å². The van der Waals surface area contributed by atoms with Gasteiger partial charge in [0.15, 0.2) is 0 Å². The number of rotatable bonds is 9. The summed E-state index contributed by atoms with van der Waals surface area (Å²) in [5.41, 5.74) is 9.91. The van der Waals surface area contributed by atoms with E-state index < -0.39 is 0 Å². The van der Waals surface area contributed by atoms with Crippen LogP contribution in [0.2, 0.25) is 0 Å². The predicted octanol–water partition coefficient (Wildman–Crippen LogP) is 3.75. The second kappa shape index (κ2) is 8.36. The van der Waals surface area contributed by atoms with E-state index in [2.05, 4.69) is 37.5 Å². The van der Waals surface area contributed by atoms with Crippen LogP contribution in [0.1, 0.15) is 69.3 Å². The van der Waals surface area contributed by atoms with Gasteiger partial charge in [-0.2, -0.15) is 5.10 Å². The molecule has 1 atom stereocenters. The zero-order chi connectivity index (χ0) is 14.3. The summed E-state index contributed by atoms with van der Waals surface area (Å²) in [5, 5.41) is 4.68. The summed E-state index contributed by atoms with van der Waals surface area (Å²) in [4.78, 5) is 0. The Labute approximate surface area is 118 Å². The number of hydrogen-bond acceptors (Lipinski definition) is 2. The summed E-state index contributed by atoms with van der Waals surface area (Å²) in [6.45, 7) is 9.75. The van der Waals surface area contributed by atoms with Crippen LogP contribution in [-0.4, -0.2) is 15.8 Å². The van der Waals surface area contributed by atoms with Crippen molar-refractivity contribution in [3.8, 4) is 0 Å². The minimum Gasteiger partial charge on any atom is -0.327 e. The molecule has 110 valence electrons. The number of hydrogen-bond donors (Lipinski definition) is 1. The van der Waals surface area contributed by atoms with Gasteiger partial charge < -0.3 is 5.73 Å². The Kier molecular flexibility index (Phi) is 7.14. The molecule has 0 saturated carbocycles. The number of nitrogens with zero attached hydrogens (tertiary/aromatic N) is 2. The second-order valence-electron chi connectivity index (χ2n) is 5.66. The summed E-state index contributed by atoms with van der Waals surface area (Å²) in [7, 11) is 0. The van der Waals surface area contributed by atoms with Gasteiger partial charge in [0.2, 0.25) is 0 Å². The van der Waals surface area contributed by atoms with Crippen molar-refractivity contribution in [3.63, 3.8) is 0 Å². The Morgan fingerprint density at radius 3 is 2.42 bits per heavy atom. The third kappa shape index (κ3) is 4.98. The number of aromatic nitrogens is 2. The number of unbranched alkanes of at least 4 members (excludes halogenated alkanes) is 4. The van der Waals surface area contributed by atoms with Gasteiger partial charge in [0.25, 0.3) is 0 Å². The molecule has 0 amide bonds. The standard InChI is InChI=1S/C16H31N3/c1-5-7-8-9-10-11-19-14(4)16(13(3)18-19)12-15(17)6-2/h15H,5-12,17H2,1-4H3. The molecule has 3 heteroatoms. The van der Waals surface area contributed by atoms with Crippen molar-refractivity contribution in [1.29, 1.82) is 0 Å². The molecule has 0 saturated heterocycles. The maximum atomic E-state index is 6.07. The quantitative estimate of drug-likeness (QED) is 0.691. The van der Waals surface area contributed by atoms with Gasteiger partial charge in [0.1, 0.15) is 0 Å².